The van der Waals surface area contributed by atoms with Gasteiger partial charge in [0.05, 0.1) is 25.1 Å². The second-order valence-electron chi connectivity index (χ2n) is 4.03. The van der Waals surface area contributed by atoms with Crippen molar-refractivity contribution in [3.63, 3.8) is 0 Å². The van der Waals surface area contributed by atoms with Gasteiger partial charge in [0.15, 0.2) is 0 Å². The van der Waals surface area contributed by atoms with Gasteiger partial charge < -0.3 is 14.3 Å². The number of hydrogen-bond acceptors (Lipinski definition) is 4. The Balaban J connectivity index is 2.23. The molecule has 0 fully saturated rings. The van der Waals surface area contributed by atoms with E-state index in [4.69, 9.17) is 9.15 Å². The van der Waals surface area contributed by atoms with Crippen LogP contribution in [-0.4, -0.2) is 28.6 Å². The Kier molecular flexibility index (Phi) is 4.17. The van der Waals surface area contributed by atoms with Crippen molar-refractivity contribution in [1.82, 2.24) is 9.78 Å². The normalized spacial score (nSPS) is 12.8. The van der Waals surface area contributed by atoms with Gasteiger partial charge in [-0.2, -0.15) is 5.10 Å². The first-order valence-electron chi connectivity index (χ1n) is 6.03. The Morgan fingerprint density at radius 2 is 2.33 bits per heavy atom. The van der Waals surface area contributed by atoms with E-state index in [0.29, 0.717) is 13.2 Å². The molecule has 18 heavy (non-hydrogen) atoms. The van der Waals surface area contributed by atoms with Crippen molar-refractivity contribution in [3.8, 4) is 0 Å². The van der Waals surface area contributed by atoms with Gasteiger partial charge in [-0.1, -0.05) is 6.92 Å². The van der Waals surface area contributed by atoms with Crippen LogP contribution in [0.5, 0.6) is 0 Å². The SMILES string of the molecule is CCc1occc1C(O)c1ccnn1CCOC. The molecule has 1 N–H and O–H groups in total. The first-order valence-corrected chi connectivity index (χ1v) is 6.03. The fourth-order valence-electron chi connectivity index (χ4n) is 1.98. The zero-order valence-corrected chi connectivity index (χ0v) is 10.7. The monoisotopic (exact) mass is 250 g/mol. The van der Waals surface area contributed by atoms with E-state index in [1.807, 2.05) is 13.0 Å². The summed E-state index contributed by atoms with van der Waals surface area (Å²) in [6.45, 7) is 3.18. The summed E-state index contributed by atoms with van der Waals surface area (Å²) in [5.74, 6) is 0.807. The predicted molar refractivity (Wildman–Crippen MR) is 66.3 cm³/mol. The maximum absolute atomic E-state index is 10.4. The average Bonchev–Trinajstić information content (AvgIpc) is 3.03. The standard InChI is InChI=1S/C13H18N2O3/c1-3-12-10(5-8-18-12)13(16)11-4-6-14-15(11)7-9-17-2/h4-6,8,13,16H,3,7,9H2,1-2H3. The average molecular weight is 250 g/mol. The van der Waals surface area contributed by atoms with Gasteiger partial charge in [-0.25, -0.2) is 0 Å². The molecule has 5 heteroatoms. The van der Waals surface area contributed by atoms with Crippen molar-refractivity contribution in [3.05, 3.63) is 41.6 Å². The molecule has 0 aliphatic carbocycles. The van der Waals surface area contributed by atoms with E-state index >= 15 is 0 Å². The summed E-state index contributed by atoms with van der Waals surface area (Å²) in [7, 11) is 1.64. The van der Waals surface area contributed by atoms with E-state index in [1.165, 1.54) is 0 Å². The summed E-state index contributed by atoms with van der Waals surface area (Å²) in [4.78, 5) is 0. The lowest BCUT2D eigenvalue weighted by Gasteiger charge is -2.13. The smallest absolute Gasteiger partial charge is 0.124 e. The second-order valence-corrected chi connectivity index (χ2v) is 4.03. The zero-order chi connectivity index (χ0) is 13.0. The lowest BCUT2D eigenvalue weighted by atomic mass is 10.1. The minimum absolute atomic E-state index is 0.563. The quantitative estimate of drug-likeness (QED) is 0.848. The number of rotatable bonds is 6. The molecule has 0 spiro atoms. The fraction of sp³-hybridized carbons (Fsp3) is 0.462. The maximum atomic E-state index is 10.4. The van der Waals surface area contributed by atoms with Gasteiger partial charge in [0.1, 0.15) is 11.9 Å². The Bertz CT molecular complexity index is 490. The molecule has 0 saturated carbocycles. The lowest BCUT2D eigenvalue weighted by molar-refractivity contribution is 0.170. The first kappa shape index (κ1) is 12.9. The van der Waals surface area contributed by atoms with Crippen LogP contribution in [0.4, 0.5) is 0 Å². The van der Waals surface area contributed by atoms with Crippen LogP contribution in [0.15, 0.2) is 29.0 Å². The van der Waals surface area contributed by atoms with Crippen LogP contribution < -0.4 is 0 Å². The third kappa shape index (κ3) is 2.47. The summed E-state index contributed by atoms with van der Waals surface area (Å²) >= 11 is 0. The van der Waals surface area contributed by atoms with E-state index in [9.17, 15) is 5.11 Å². The van der Waals surface area contributed by atoms with Gasteiger partial charge in [-0.05, 0) is 12.1 Å². The summed E-state index contributed by atoms with van der Waals surface area (Å²) in [5.41, 5.74) is 1.56. The third-order valence-corrected chi connectivity index (χ3v) is 2.93. The molecule has 98 valence electrons. The number of aryl methyl sites for hydroxylation is 1. The number of aliphatic hydroxyl groups is 1. The van der Waals surface area contributed by atoms with Gasteiger partial charge in [0, 0.05) is 25.3 Å². The van der Waals surface area contributed by atoms with E-state index in [-0.39, 0.29) is 0 Å². The number of furan rings is 1. The summed E-state index contributed by atoms with van der Waals surface area (Å²) < 4.78 is 12.1. The number of aliphatic hydroxyl groups excluding tert-OH is 1. The summed E-state index contributed by atoms with van der Waals surface area (Å²) in [6.07, 6.45) is 3.33. The number of aromatic nitrogens is 2. The third-order valence-electron chi connectivity index (χ3n) is 2.93. The second kappa shape index (κ2) is 5.84. The topological polar surface area (TPSA) is 60.4 Å². The minimum Gasteiger partial charge on any atom is -0.469 e. The molecule has 5 nitrogen and oxygen atoms in total. The Hall–Kier alpha value is -1.59. The van der Waals surface area contributed by atoms with Gasteiger partial charge in [0.2, 0.25) is 0 Å². The maximum Gasteiger partial charge on any atom is 0.124 e. The summed E-state index contributed by atoms with van der Waals surface area (Å²) in [6, 6.07) is 3.62. The molecule has 2 aromatic heterocycles. The molecule has 0 bridgehead atoms. The fourth-order valence-corrected chi connectivity index (χ4v) is 1.98. The molecule has 2 rings (SSSR count). The molecule has 0 aliphatic rings. The molecule has 0 saturated heterocycles. The van der Waals surface area contributed by atoms with E-state index in [1.54, 1.807) is 30.3 Å². The Morgan fingerprint density at radius 3 is 3.06 bits per heavy atom. The van der Waals surface area contributed by atoms with Crippen LogP contribution in [0.2, 0.25) is 0 Å². The van der Waals surface area contributed by atoms with Crippen molar-refractivity contribution in [2.24, 2.45) is 0 Å². The highest BCUT2D eigenvalue weighted by atomic mass is 16.5. The van der Waals surface area contributed by atoms with Gasteiger partial charge in [-0.15, -0.1) is 0 Å². The van der Waals surface area contributed by atoms with Crippen LogP contribution in [0.3, 0.4) is 0 Å². The van der Waals surface area contributed by atoms with Gasteiger partial charge in [0.25, 0.3) is 0 Å². The molecule has 2 aromatic rings. The minimum atomic E-state index is -0.710. The molecule has 0 aliphatic heterocycles. The molecule has 2 heterocycles. The molecule has 1 atom stereocenters. The molecule has 0 aromatic carbocycles. The molecule has 1 unspecified atom stereocenters. The van der Waals surface area contributed by atoms with Crippen molar-refractivity contribution in [2.45, 2.75) is 26.0 Å². The van der Waals surface area contributed by atoms with Gasteiger partial charge >= 0.3 is 0 Å². The Morgan fingerprint density at radius 1 is 1.50 bits per heavy atom. The lowest BCUT2D eigenvalue weighted by Crippen LogP contribution is -2.13. The van der Waals surface area contributed by atoms with Crippen LogP contribution in [0, 0.1) is 0 Å². The Labute approximate surface area is 106 Å². The van der Waals surface area contributed by atoms with Crippen LogP contribution in [0.1, 0.15) is 30.0 Å². The van der Waals surface area contributed by atoms with Crippen LogP contribution in [0.25, 0.3) is 0 Å². The van der Waals surface area contributed by atoms with Crippen LogP contribution >= 0.6 is 0 Å². The molecule has 0 radical (unpaired) electrons. The van der Waals surface area contributed by atoms with Crippen molar-refractivity contribution >= 4 is 0 Å². The first-order chi connectivity index (χ1) is 8.77. The zero-order valence-electron chi connectivity index (χ0n) is 10.7. The highest BCUT2D eigenvalue weighted by Gasteiger charge is 2.19. The van der Waals surface area contributed by atoms with E-state index < -0.39 is 6.10 Å². The van der Waals surface area contributed by atoms with Gasteiger partial charge in [-0.3, -0.25) is 4.68 Å². The largest absolute Gasteiger partial charge is 0.469 e. The van der Waals surface area contributed by atoms with Crippen molar-refractivity contribution in [1.29, 1.82) is 0 Å². The highest BCUT2D eigenvalue weighted by molar-refractivity contribution is 5.27. The molecular weight excluding hydrogens is 232 g/mol. The number of hydrogen-bond donors (Lipinski definition) is 1. The summed E-state index contributed by atoms with van der Waals surface area (Å²) in [5, 5.41) is 14.6. The van der Waals surface area contributed by atoms with E-state index in [2.05, 4.69) is 5.10 Å². The number of ether oxygens (including phenoxy) is 1. The molecular formula is C13H18N2O3. The number of methoxy groups -OCH3 is 1. The van der Waals surface area contributed by atoms with E-state index in [0.717, 1.165) is 23.4 Å². The van der Waals surface area contributed by atoms with Crippen LogP contribution in [-0.2, 0) is 17.7 Å². The molecule has 0 amide bonds. The van der Waals surface area contributed by atoms with Crippen molar-refractivity contribution in [2.75, 3.05) is 13.7 Å². The number of nitrogens with zero attached hydrogens (tertiary/aromatic N) is 2. The predicted octanol–water partition coefficient (Wildman–Crippen LogP) is 1.77. The highest BCUT2D eigenvalue weighted by Crippen LogP contribution is 2.26. The van der Waals surface area contributed by atoms with Crippen molar-refractivity contribution < 1.29 is 14.3 Å².